The Morgan fingerprint density at radius 3 is 2.38 bits per heavy atom. The van der Waals surface area contributed by atoms with E-state index in [2.05, 4.69) is 17.2 Å². The number of benzene rings is 3. The smallest absolute Gasteiger partial charge is 0.407 e. The molecule has 4 rings (SSSR count). The number of hydrogen-bond acceptors (Lipinski definition) is 5. The lowest BCUT2D eigenvalue weighted by atomic mass is 9.98. The van der Waals surface area contributed by atoms with Gasteiger partial charge in [0.05, 0.1) is 11.5 Å². The zero-order valence-corrected chi connectivity index (χ0v) is 16.7. The van der Waals surface area contributed by atoms with E-state index < -0.39 is 28.3 Å². The number of ether oxygens (including phenoxy) is 1. The normalized spacial score (nSPS) is 11.7. The summed E-state index contributed by atoms with van der Waals surface area (Å²) < 4.78 is 19.0. The second-order valence-electron chi connectivity index (χ2n) is 7.06. The van der Waals surface area contributed by atoms with E-state index in [9.17, 15) is 24.4 Å². The van der Waals surface area contributed by atoms with E-state index in [0.29, 0.717) is 0 Å². The number of phenols is 1. The highest BCUT2D eigenvalue weighted by atomic mass is 19.1. The van der Waals surface area contributed by atoms with Gasteiger partial charge in [-0.3, -0.25) is 10.1 Å². The number of alkyl carbamates (subject to hydrolysis) is 1. The maximum atomic E-state index is 13.6. The molecule has 0 bridgehead atoms. The summed E-state index contributed by atoms with van der Waals surface area (Å²) in [5, 5.41) is 22.7. The van der Waals surface area contributed by atoms with Gasteiger partial charge in [0, 0.05) is 17.5 Å². The van der Waals surface area contributed by atoms with E-state index in [1.807, 2.05) is 48.5 Å². The fraction of sp³-hybridized carbons (Fsp3) is 0.125. The van der Waals surface area contributed by atoms with Crippen molar-refractivity contribution in [2.24, 2.45) is 0 Å². The molecule has 1 aliphatic rings. The quantitative estimate of drug-likeness (QED) is 0.363. The first-order valence-electron chi connectivity index (χ1n) is 9.70. The number of carbonyl (C=O) groups is 1. The molecule has 0 spiro atoms. The van der Waals surface area contributed by atoms with E-state index in [-0.39, 0.29) is 24.6 Å². The first kappa shape index (κ1) is 20.9. The number of nitrogens with zero attached hydrogens (tertiary/aromatic N) is 1. The van der Waals surface area contributed by atoms with Gasteiger partial charge in [-0.15, -0.1) is 0 Å². The second-order valence-corrected chi connectivity index (χ2v) is 7.06. The Morgan fingerprint density at radius 1 is 1.12 bits per heavy atom. The molecule has 0 atom stereocenters. The third-order valence-electron chi connectivity index (χ3n) is 5.14. The SMILES string of the molecule is O=C(NCC#Cc1cc(F)c(O)c([N+](=O)[O-])c1)OCC1c2ccccc2-c2ccccc21. The fourth-order valence-corrected chi connectivity index (χ4v) is 3.71. The molecule has 0 saturated carbocycles. The van der Waals surface area contributed by atoms with Crippen molar-refractivity contribution in [3.05, 3.63) is 93.3 Å². The Bertz CT molecular complexity index is 1230. The molecule has 0 unspecified atom stereocenters. The number of carbonyl (C=O) groups excluding carboxylic acids is 1. The zero-order chi connectivity index (χ0) is 22.7. The summed E-state index contributed by atoms with van der Waals surface area (Å²) in [6.07, 6.45) is -0.663. The van der Waals surface area contributed by atoms with E-state index in [0.717, 1.165) is 34.4 Å². The number of nitro groups is 1. The topological polar surface area (TPSA) is 102 Å². The number of phenolic OH excluding ortho intramolecular Hbond substituents is 1. The lowest BCUT2D eigenvalue weighted by molar-refractivity contribution is -0.386. The largest absolute Gasteiger partial charge is 0.500 e. The molecular formula is C24H17FN2O5. The number of aromatic hydroxyl groups is 1. The molecule has 1 amide bonds. The highest BCUT2D eigenvalue weighted by molar-refractivity contribution is 5.79. The van der Waals surface area contributed by atoms with Crippen LogP contribution in [-0.4, -0.2) is 29.3 Å². The lowest BCUT2D eigenvalue weighted by Gasteiger charge is -2.14. The van der Waals surface area contributed by atoms with Crippen molar-refractivity contribution in [3.8, 4) is 28.7 Å². The Morgan fingerprint density at radius 2 is 1.75 bits per heavy atom. The van der Waals surface area contributed by atoms with E-state index in [1.165, 1.54) is 0 Å². The maximum Gasteiger partial charge on any atom is 0.407 e. The molecule has 0 aliphatic heterocycles. The molecule has 0 saturated heterocycles. The Hall–Kier alpha value is -4.38. The molecule has 3 aromatic rings. The lowest BCUT2D eigenvalue weighted by Crippen LogP contribution is -2.26. The second kappa shape index (κ2) is 8.78. The number of halogens is 1. The first-order valence-corrected chi connectivity index (χ1v) is 9.70. The fourth-order valence-electron chi connectivity index (χ4n) is 3.71. The molecular weight excluding hydrogens is 415 g/mol. The van der Waals surface area contributed by atoms with Crippen LogP contribution in [0.2, 0.25) is 0 Å². The van der Waals surface area contributed by atoms with Gasteiger partial charge in [0.1, 0.15) is 6.61 Å². The predicted molar refractivity (Wildman–Crippen MR) is 115 cm³/mol. The molecule has 0 aromatic heterocycles. The first-order chi connectivity index (χ1) is 15.5. The Kier molecular flexibility index (Phi) is 5.73. The van der Waals surface area contributed by atoms with Crippen LogP contribution in [0.5, 0.6) is 5.75 Å². The third-order valence-corrected chi connectivity index (χ3v) is 5.14. The summed E-state index contributed by atoms with van der Waals surface area (Å²) in [7, 11) is 0. The monoisotopic (exact) mass is 432 g/mol. The summed E-state index contributed by atoms with van der Waals surface area (Å²) in [4.78, 5) is 22.0. The highest BCUT2D eigenvalue weighted by Crippen LogP contribution is 2.44. The number of rotatable bonds is 4. The van der Waals surface area contributed by atoms with Gasteiger partial charge in [0.2, 0.25) is 5.75 Å². The molecule has 0 radical (unpaired) electrons. The van der Waals surface area contributed by atoms with Crippen molar-refractivity contribution < 1.29 is 24.0 Å². The molecule has 7 nitrogen and oxygen atoms in total. The number of amides is 1. The van der Waals surface area contributed by atoms with Gasteiger partial charge in [0.25, 0.3) is 0 Å². The average molecular weight is 432 g/mol. The van der Waals surface area contributed by atoms with Gasteiger partial charge in [0.15, 0.2) is 5.82 Å². The van der Waals surface area contributed by atoms with Gasteiger partial charge in [-0.25, -0.2) is 9.18 Å². The average Bonchev–Trinajstić information content (AvgIpc) is 3.11. The van der Waals surface area contributed by atoms with Gasteiger partial charge in [-0.05, 0) is 28.3 Å². The minimum atomic E-state index is -1.15. The van der Waals surface area contributed by atoms with Crippen LogP contribution in [0.1, 0.15) is 22.6 Å². The van der Waals surface area contributed by atoms with E-state index in [4.69, 9.17) is 4.74 Å². The van der Waals surface area contributed by atoms with Crippen LogP contribution >= 0.6 is 0 Å². The van der Waals surface area contributed by atoms with Gasteiger partial charge < -0.3 is 15.2 Å². The van der Waals surface area contributed by atoms with Crippen LogP contribution in [0, 0.1) is 27.8 Å². The summed E-state index contributed by atoms with van der Waals surface area (Å²) in [5.41, 5.74) is 3.66. The van der Waals surface area contributed by atoms with Gasteiger partial charge >= 0.3 is 11.8 Å². The summed E-state index contributed by atoms with van der Waals surface area (Å²) in [6, 6.07) is 17.8. The van der Waals surface area contributed by atoms with Crippen molar-refractivity contribution in [3.63, 3.8) is 0 Å². The minimum absolute atomic E-state index is 0.00124. The van der Waals surface area contributed by atoms with Crippen LogP contribution in [0.3, 0.4) is 0 Å². The van der Waals surface area contributed by atoms with Crippen molar-refractivity contribution in [2.75, 3.05) is 13.2 Å². The highest BCUT2D eigenvalue weighted by Gasteiger charge is 2.28. The molecule has 0 fully saturated rings. The number of nitrogens with one attached hydrogen (secondary N) is 1. The molecule has 32 heavy (non-hydrogen) atoms. The summed E-state index contributed by atoms with van der Waals surface area (Å²) >= 11 is 0. The zero-order valence-electron chi connectivity index (χ0n) is 16.7. The van der Waals surface area contributed by atoms with Crippen molar-refractivity contribution in [1.82, 2.24) is 5.32 Å². The number of nitro benzene ring substituents is 1. The number of fused-ring (bicyclic) bond motifs is 3. The van der Waals surface area contributed by atoms with Gasteiger partial charge in [-0.2, -0.15) is 0 Å². The van der Waals surface area contributed by atoms with Crippen LogP contribution in [-0.2, 0) is 4.74 Å². The van der Waals surface area contributed by atoms with Crippen LogP contribution in [0.25, 0.3) is 11.1 Å². The van der Waals surface area contributed by atoms with Crippen molar-refractivity contribution in [2.45, 2.75) is 5.92 Å². The Labute approximate surface area is 182 Å². The standard InChI is InChI=1S/C24H17FN2O5/c25-21-12-15(13-22(23(21)28)27(30)31)6-5-11-26-24(29)32-14-20-18-9-3-1-7-16(18)17-8-2-4-10-19(17)20/h1-4,7-10,12-13,20,28H,11,14H2,(H,26,29). The van der Waals surface area contributed by atoms with Crippen LogP contribution in [0.15, 0.2) is 60.7 Å². The maximum absolute atomic E-state index is 13.6. The summed E-state index contributed by atoms with van der Waals surface area (Å²) in [6.45, 7) is 0.0512. The molecule has 0 heterocycles. The molecule has 160 valence electrons. The minimum Gasteiger partial charge on any atom is -0.500 e. The predicted octanol–water partition coefficient (Wildman–Crippen LogP) is 4.33. The Balaban J connectivity index is 1.36. The van der Waals surface area contributed by atoms with E-state index in [1.54, 1.807) is 0 Å². The number of hydrogen-bond donors (Lipinski definition) is 2. The van der Waals surface area contributed by atoms with Crippen LogP contribution in [0.4, 0.5) is 14.9 Å². The summed E-state index contributed by atoms with van der Waals surface area (Å²) in [5.74, 6) is 2.82. The van der Waals surface area contributed by atoms with Gasteiger partial charge in [-0.1, -0.05) is 60.4 Å². The molecule has 1 aliphatic carbocycles. The van der Waals surface area contributed by atoms with E-state index >= 15 is 0 Å². The molecule has 8 heteroatoms. The van der Waals surface area contributed by atoms with Crippen LogP contribution < -0.4 is 5.32 Å². The van der Waals surface area contributed by atoms with Crippen molar-refractivity contribution in [1.29, 1.82) is 0 Å². The third kappa shape index (κ3) is 4.09. The molecule has 3 aromatic carbocycles. The van der Waals surface area contributed by atoms with Crippen molar-refractivity contribution >= 4 is 11.8 Å². The molecule has 2 N–H and O–H groups in total.